The van der Waals surface area contributed by atoms with Crippen LogP contribution in [0.2, 0.25) is 0 Å². The number of amides is 2. The Morgan fingerprint density at radius 2 is 2.15 bits per heavy atom. The largest absolute Gasteiger partial charge is 0.361 e. The zero-order chi connectivity index (χ0) is 18.5. The Balaban J connectivity index is 1.52. The maximum Gasteiger partial charge on any atom is 0.223 e. The molecule has 7 heteroatoms. The first-order valence-corrected chi connectivity index (χ1v) is 9.68. The summed E-state index contributed by atoms with van der Waals surface area (Å²) in [5.74, 6) is 1.24. The van der Waals surface area contributed by atoms with Crippen LogP contribution in [0.15, 0.2) is 10.6 Å². The molecule has 2 aliphatic rings. The molecule has 2 N–H and O–H groups in total. The Hall–Kier alpha value is -1.89. The highest BCUT2D eigenvalue weighted by molar-refractivity contribution is 5.85. The third kappa shape index (κ3) is 5.56. The number of nitrogens with zero attached hydrogens (tertiary/aromatic N) is 2. The van der Waals surface area contributed by atoms with E-state index < -0.39 is 0 Å². The van der Waals surface area contributed by atoms with E-state index in [0.29, 0.717) is 18.3 Å². The van der Waals surface area contributed by atoms with Crippen LogP contribution in [0.3, 0.4) is 0 Å². The molecule has 1 aliphatic carbocycles. The minimum absolute atomic E-state index is 0.0440. The van der Waals surface area contributed by atoms with Crippen molar-refractivity contribution in [3.63, 3.8) is 0 Å². The predicted molar refractivity (Wildman–Crippen MR) is 97.2 cm³/mol. The predicted octanol–water partition coefficient (Wildman–Crippen LogP) is 1.62. The van der Waals surface area contributed by atoms with Gasteiger partial charge < -0.3 is 20.1 Å². The maximum atomic E-state index is 12.6. The fourth-order valence-electron chi connectivity index (χ4n) is 3.47. The maximum absolute atomic E-state index is 12.6. The van der Waals surface area contributed by atoms with Gasteiger partial charge in [-0.3, -0.25) is 9.59 Å². The van der Waals surface area contributed by atoms with E-state index in [1.807, 2.05) is 14.0 Å². The Labute approximate surface area is 154 Å². The minimum Gasteiger partial charge on any atom is -0.361 e. The SMILES string of the molecule is Cc1cc(CNC(=O)[C@@H]2CCC[C@@H](NCC3CC3)CN(C)C(=O)C2)no1. The van der Waals surface area contributed by atoms with Crippen molar-refractivity contribution in [3.05, 3.63) is 17.5 Å². The van der Waals surface area contributed by atoms with Crippen LogP contribution in [-0.4, -0.2) is 48.0 Å². The van der Waals surface area contributed by atoms with Gasteiger partial charge in [-0.05, 0) is 45.1 Å². The molecule has 1 aromatic rings. The van der Waals surface area contributed by atoms with E-state index in [4.69, 9.17) is 4.52 Å². The number of hydrogen-bond donors (Lipinski definition) is 2. The second kappa shape index (κ2) is 8.66. The standard InChI is InChI=1S/C19H30N4O3/c1-13-8-17(22-26-13)11-21-19(25)15-4-3-5-16(20-10-14-6-7-14)12-23(2)18(24)9-15/h8,14-16,20H,3-7,9-12H2,1-2H3,(H,21,25)/t15-,16-/m1/s1. The summed E-state index contributed by atoms with van der Waals surface area (Å²) >= 11 is 0. The van der Waals surface area contributed by atoms with Crippen molar-refractivity contribution < 1.29 is 14.1 Å². The van der Waals surface area contributed by atoms with Crippen molar-refractivity contribution in [3.8, 4) is 0 Å². The molecule has 26 heavy (non-hydrogen) atoms. The quantitative estimate of drug-likeness (QED) is 0.803. The minimum atomic E-state index is -0.278. The number of carbonyl (C=O) groups is 2. The highest BCUT2D eigenvalue weighted by Crippen LogP contribution is 2.28. The van der Waals surface area contributed by atoms with Gasteiger partial charge in [0, 0.05) is 38.0 Å². The lowest BCUT2D eigenvalue weighted by molar-refractivity contribution is -0.135. The Morgan fingerprint density at radius 3 is 2.85 bits per heavy atom. The van der Waals surface area contributed by atoms with Crippen molar-refractivity contribution in [1.29, 1.82) is 0 Å². The van der Waals surface area contributed by atoms with Crippen LogP contribution in [-0.2, 0) is 16.1 Å². The van der Waals surface area contributed by atoms with E-state index in [0.717, 1.165) is 44.0 Å². The van der Waals surface area contributed by atoms with Gasteiger partial charge in [0.1, 0.15) is 11.5 Å². The van der Waals surface area contributed by atoms with Gasteiger partial charge in [0.05, 0.1) is 6.54 Å². The van der Waals surface area contributed by atoms with E-state index >= 15 is 0 Å². The first-order valence-electron chi connectivity index (χ1n) is 9.68. The van der Waals surface area contributed by atoms with Gasteiger partial charge in [0.2, 0.25) is 11.8 Å². The van der Waals surface area contributed by atoms with Crippen LogP contribution < -0.4 is 10.6 Å². The lowest BCUT2D eigenvalue weighted by atomic mass is 9.96. The molecular weight excluding hydrogens is 332 g/mol. The molecule has 144 valence electrons. The smallest absolute Gasteiger partial charge is 0.223 e. The lowest BCUT2D eigenvalue weighted by Gasteiger charge is -2.24. The highest BCUT2D eigenvalue weighted by atomic mass is 16.5. The van der Waals surface area contributed by atoms with Gasteiger partial charge in [0.15, 0.2) is 0 Å². The zero-order valence-corrected chi connectivity index (χ0v) is 15.8. The summed E-state index contributed by atoms with van der Waals surface area (Å²) in [6.45, 7) is 3.92. The first-order chi connectivity index (χ1) is 12.5. The molecule has 1 saturated heterocycles. The van der Waals surface area contributed by atoms with Crippen LogP contribution in [0.4, 0.5) is 0 Å². The number of aromatic nitrogens is 1. The van der Waals surface area contributed by atoms with E-state index in [-0.39, 0.29) is 24.2 Å². The van der Waals surface area contributed by atoms with E-state index in [2.05, 4.69) is 15.8 Å². The fraction of sp³-hybridized carbons (Fsp3) is 0.737. The third-order valence-electron chi connectivity index (χ3n) is 5.33. The molecule has 1 aliphatic heterocycles. The van der Waals surface area contributed by atoms with E-state index in [9.17, 15) is 9.59 Å². The molecule has 2 amide bonds. The number of nitrogens with one attached hydrogen (secondary N) is 2. The molecule has 1 saturated carbocycles. The average molecular weight is 362 g/mol. The molecule has 0 spiro atoms. The van der Waals surface area contributed by atoms with Crippen LogP contribution in [0, 0.1) is 18.8 Å². The summed E-state index contributed by atoms with van der Waals surface area (Å²) in [6, 6.07) is 2.13. The van der Waals surface area contributed by atoms with Gasteiger partial charge >= 0.3 is 0 Å². The van der Waals surface area contributed by atoms with Crippen LogP contribution in [0.5, 0.6) is 0 Å². The third-order valence-corrected chi connectivity index (χ3v) is 5.33. The second-order valence-electron chi connectivity index (χ2n) is 7.80. The molecule has 0 bridgehead atoms. The molecule has 1 aromatic heterocycles. The summed E-state index contributed by atoms with van der Waals surface area (Å²) in [4.78, 5) is 26.8. The topological polar surface area (TPSA) is 87.5 Å². The molecule has 2 fully saturated rings. The number of aryl methyl sites for hydroxylation is 1. The number of likely N-dealkylation sites (N-methyl/N-ethyl adjacent to an activating group) is 1. The molecule has 2 heterocycles. The Kier molecular flexibility index (Phi) is 6.29. The molecule has 7 nitrogen and oxygen atoms in total. The van der Waals surface area contributed by atoms with Crippen molar-refractivity contribution in [2.45, 2.75) is 58.0 Å². The van der Waals surface area contributed by atoms with Crippen molar-refractivity contribution in [2.24, 2.45) is 11.8 Å². The molecular formula is C19H30N4O3. The zero-order valence-electron chi connectivity index (χ0n) is 15.8. The summed E-state index contributed by atoms with van der Waals surface area (Å²) < 4.78 is 5.01. The monoisotopic (exact) mass is 362 g/mol. The van der Waals surface area contributed by atoms with E-state index in [1.165, 1.54) is 12.8 Å². The van der Waals surface area contributed by atoms with Gasteiger partial charge in [-0.2, -0.15) is 0 Å². The van der Waals surface area contributed by atoms with Crippen molar-refractivity contribution in [2.75, 3.05) is 20.1 Å². The van der Waals surface area contributed by atoms with Gasteiger partial charge in [-0.25, -0.2) is 0 Å². The Morgan fingerprint density at radius 1 is 1.35 bits per heavy atom. The first kappa shape index (κ1) is 18.9. The van der Waals surface area contributed by atoms with Gasteiger partial charge in [0.25, 0.3) is 0 Å². The molecule has 3 rings (SSSR count). The van der Waals surface area contributed by atoms with Crippen LogP contribution in [0.25, 0.3) is 0 Å². The summed E-state index contributed by atoms with van der Waals surface area (Å²) in [7, 11) is 1.84. The lowest BCUT2D eigenvalue weighted by Crippen LogP contribution is -2.42. The van der Waals surface area contributed by atoms with Crippen LogP contribution in [0.1, 0.15) is 50.0 Å². The van der Waals surface area contributed by atoms with E-state index in [1.54, 1.807) is 11.0 Å². The Bertz CT molecular complexity index is 626. The van der Waals surface area contributed by atoms with Gasteiger partial charge in [-0.1, -0.05) is 11.6 Å². The highest BCUT2D eigenvalue weighted by Gasteiger charge is 2.28. The number of hydrogen-bond acceptors (Lipinski definition) is 5. The average Bonchev–Trinajstić information content (AvgIpc) is 3.34. The molecule has 2 atom stereocenters. The number of rotatable bonds is 6. The van der Waals surface area contributed by atoms with Crippen molar-refractivity contribution >= 4 is 11.8 Å². The fourth-order valence-corrected chi connectivity index (χ4v) is 3.47. The summed E-state index contributed by atoms with van der Waals surface area (Å²) in [5.41, 5.74) is 0.701. The normalized spacial score (nSPS) is 24.7. The van der Waals surface area contributed by atoms with Gasteiger partial charge in [-0.15, -0.1) is 0 Å². The number of carbonyl (C=O) groups excluding carboxylic acids is 2. The molecule has 0 unspecified atom stereocenters. The second-order valence-corrected chi connectivity index (χ2v) is 7.80. The summed E-state index contributed by atoms with van der Waals surface area (Å²) in [6.07, 6.45) is 5.60. The molecule has 0 radical (unpaired) electrons. The van der Waals surface area contributed by atoms with Crippen molar-refractivity contribution in [1.82, 2.24) is 20.7 Å². The van der Waals surface area contributed by atoms with Crippen LogP contribution >= 0.6 is 0 Å². The summed E-state index contributed by atoms with van der Waals surface area (Å²) in [5, 5.41) is 10.4. The molecule has 0 aromatic carbocycles.